The SMILES string of the molecule is CCOC(=O)N1CCN(c2cccc(OCc3[nH]c4ccccc4c(=O)c3C)c2)CC1. The van der Waals surface area contributed by atoms with E-state index in [1.165, 1.54) is 0 Å². The van der Waals surface area contributed by atoms with Gasteiger partial charge in [-0.3, -0.25) is 4.79 Å². The molecule has 1 aromatic heterocycles. The molecule has 162 valence electrons. The lowest BCUT2D eigenvalue weighted by Crippen LogP contribution is -2.49. The second-order valence-electron chi connectivity index (χ2n) is 7.56. The molecular formula is C24H27N3O4. The number of nitrogens with one attached hydrogen (secondary N) is 1. The molecule has 0 spiro atoms. The Hall–Kier alpha value is -3.48. The lowest BCUT2D eigenvalue weighted by molar-refractivity contribution is 0.105. The fourth-order valence-corrected chi connectivity index (χ4v) is 3.82. The van der Waals surface area contributed by atoms with E-state index in [1.54, 1.807) is 4.90 Å². The van der Waals surface area contributed by atoms with Crippen LogP contribution < -0.4 is 15.1 Å². The van der Waals surface area contributed by atoms with Crippen molar-refractivity contribution in [1.82, 2.24) is 9.88 Å². The van der Waals surface area contributed by atoms with Crippen LogP contribution in [0.4, 0.5) is 10.5 Å². The van der Waals surface area contributed by atoms with Crippen molar-refractivity contribution in [2.75, 3.05) is 37.7 Å². The van der Waals surface area contributed by atoms with E-state index in [1.807, 2.05) is 62.4 Å². The van der Waals surface area contributed by atoms with Gasteiger partial charge in [0.15, 0.2) is 5.43 Å². The van der Waals surface area contributed by atoms with Crippen molar-refractivity contribution in [3.05, 3.63) is 70.0 Å². The van der Waals surface area contributed by atoms with Crippen LogP contribution in [0.3, 0.4) is 0 Å². The molecule has 0 radical (unpaired) electrons. The van der Waals surface area contributed by atoms with Crippen LogP contribution in [0.25, 0.3) is 10.9 Å². The van der Waals surface area contributed by atoms with Gasteiger partial charge in [0, 0.05) is 54.4 Å². The summed E-state index contributed by atoms with van der Waals surface area (Å²) in [5.41, 5.74) is 3.33. The lowest BCUT2D eigenvalue weighted by Gasteiger charge is -2.35. The number of amides is 1. The predicted molar refractivity (Wildman–Crippen MR) is 121 cm³/mol. The van der Waals surface area contributed by atoms with Crippen LogP contribution in [0.15, 0.2) is 53.3 Å². The Morgan fingerprint density at radius 3 is 2.61 bits per heavy atom. The van der Waals surface area contributed by atoms with Crippen molar-refractivity contribution >= 4 is 22.7 Å². The number of carbonyl (C=O) groups excluding carboxylic acids is 1. The first kappa shape index (κ1) is 20.8. The van der Waals surface area contributed by atoms with Gasteiger partial charge in [0.05, 0.1) is 12.3 Å². The van der Waals surface area contributed by atoms with Gasteiger partial charge in [-0.25, -0.2) is 4.79 Å². The number of para-hydroxylation sites is 1. The van der Waals surface area contributed by atoms with Crippen LogP contribution in [0.2, 0.25) is 0 Å². The lowest BCUT2D eigenvalue weighted by atomic mass is 10.1. The van der Waals surface area contributed by atoms with Gasteiger partial charge < -0.3 is 24.3 Å². The molecule has 1 saturated heterocycles. The zero-order valence-corrected chi connectivity index (χ0v) is 17.9. The van der Waals surface area contributed by atoms with Crippen LogP contribution >= 0.6 is 0 Å². The minimum Gasteiger partial charge on any atom is -0.487 e. The maximum atomic E-state index is 12.6. The Morgan fingerprint density at radius 1 is 1.06 bits per heavy atom. The molecule has 31 heavy (non-hydrogen) atoms. The third-order valence-electron chi connectivity index (χ3n) is 5.62. The summed E-state index contributed by atoms with van der Waals surface area (Å²) < 4.78 is 11.1. The van der Waals surface area contributed by atoms with Gasteiger partial charge in [-0.05, 0) is 38.1 Å². The summed E-state index contributed by atoms with van der Waals surface area (Å²) in [7, 11) is 0. The zero-order valence-electron chi connectivity index (χ0n) is 17.9. The van der Waals surface area contributed by atoms with E-state index in [9.17, 15) is 9.59 Å². The number of benzene rings is 2. The highest BCUT2D eigenvalue weighted by Crippen LogP contribution is 2.23. The van der Waals surface area contributed by atoms with Crippen LogP contribution in [0, 0.1) is 6.92 Å². The van der Waals surface area contributed by atoms with Crippen LogP contribution in [0.1, 0.15) is 18.2 Å². The number of H-pyrrole nitrogens is 1. The molecule has 2 aromatic carbocycles. The van der Waals surface area contributed by atoms with Crippen molar-refractivity contribution in [1.29, 1.82) is 0 Å². The average Bonchev–Trinajstić information content (AvgIpc) is 2.81. The fourth-order valence-electron chi connectivity index (χ4n) is 3.82. The number of hydrogen-bond acceptors (Lipinski definition) is 5. The second-order valence-corrected chi connectivity index (χ2v) is 7.56. The second kappa shape index (κ2) is 9.12. The minimum atomic E-state index is -0.251. The molecule has 1 fully saturated rings. The van der Waals surface area contributed by atoms with E-state index >= 15 is 0 Å². The molecule has 2 heterocycles. The van der Waals surface area contributed by atoms with E-state index in [2.05, 4.69) is 9.88 Å². The Bertz CT molecular complexity index is 1130. The van der Waals surface area contributed by atoms with Crippen molar-refractivity contribution in [2.45, 2.75) is 20.5 Å². The normalized spacial score (nSPS) is 14.0. The fraction of sp³-hybridized carbons (Fsp3) is 0.333. The van der Waals surface area contributed by atoms with Gasteiger partial charge in [-0.15, -0.1) is 0 Å². The van der Waals surface area contributed by atoms with Gasteiger partial charge in [-0.2, -0.15) is 0 Å². The highest BCUT2D eigenvalue weighted by molar-refractivity contribution is 5.79. The number of ether oxygens (including phenoxy) is 2. The number of aromatic nitrogens is 1. The Labute approximate surface area is 181 Å². The third kappa shape index (κ3) is 4.50. The maximum Gasteiger partial charge on any atom is 0.409 e. The van der Waals surface area contributed by atoms with E-state index in [-0.39, 0.29) is 18.1 Å². The number of anilines is 1. The molecular weight excluding hydrogens is 394 g/mol. The molecule has 4 rings (SSSR count). The first-order valence-corrected chi connectivity index (χ1v) is 10.6. The van der Waals surface area contributed by atoms with E-state index in [0.29, 0.717) is 30.6 Å². The molecule has 7 nitrogen and oxygen atoms in total. The summed E-state index contributed by atoms with van der Waals surface area (Å²) in [6.07, 6.45) is -0.251. The van der Waals surface area contributed by atoms with E-state index in [0.717, 1.165) is 35.7 Å². The van der Waals surface area contributed by atoms with Gasteiger partial charge in [0.1, 0.15) is 12.4 Å². The van der Waals surface area contributed by atoms with E-state index < -0.39 is 0 Å². The smallest absolute Gasteiger partial charge is 0.409 e. The first-order chi connectivity index (χ1) is 15.1. The van der Waals surface area contributed by atoms with Crippen molar-refractivity contribution in [2.24, 2.45) is 0 Å². The summed E-state index contributed by atoms with van der Waals surface area (Å²) in [5, 5.41) is 0.688. The van der Waals surface area contributed by atoms with Crippen molar-refractivity contribution < 1.29 is 14.3 Å². The van der Waals surface area contributed by atoms with Crippen molar-refractivity contribution in [3.8, 4) is 5.75 Å². The van der Waals surface area contributed by atoms with Crippen LogP contribution in [-0.4, -0.2) is 48.8 Å². The number of fused-ring (bicyclic) bond motifs is 1. The Morgan fingerprint density at radius 2 is 1.84 bits per heavy atom. The third-order valence-corrected chi connectivity index (χ3v) is 5.62. The largest absolute Gasteiger partial charge is 0.487 e. The zero-order chi connectivity index (χ0) is 21.8. The van der Waals surface area contributed by atoms with Crippen LogP contribution in [-0.2, 0) is 11.3 Å². The molecule has 1 aliphatic rings. The summed E-state index contributed by atoms with van der Waals surface area (Å²) >= 11 is 0. The number of carbonyl (C=O) groups is 1. The van der Waals surface area contributed by atoms with Gasteiger partial charge in [0.25, 0.3) is 0 Å². The van der Waals surface area contributed by atoms with Gasteiger partial charge in [-0.1, -0.05) is 18.2 Å². The molecule has 1 N–H and O–H groups in total. The topological polar surface area (TPSA) is 74.9 Å². The van der Waals surface area contributed by atoms with Crippen LogP contribution in [0.5, 0.6) is 5.75 Å². The summed E-state index contributed by atoms with van der Waals surface area (Å²) in [4.78, 5) is 31.8. The summed E-state index contributed by atoms with van der Waals surface area (Å²) in [6.45, 7) is 7.03. The number of nitrogens with zero attached hydrogens (tertiary/aromatic N) is 2. The van der Waals surface area contributed by atoms with Gasteiger partial charge in [0.2, 0.25) is 0 Å². The van der Waals surface area contributed by atoms with Crippen molar-refractivity contribution in [3.63, 3.8) is 0 Å². The van der Waals surface area contributed by atoms with Gasteiger partial charge >= 0.3 is 6.09 Å². The predicted octanol–water partition coefficient (Wildman–Crippen LogP) is 3.69. The number of pyridine rings is 1. The minimum absolute atomic E-state index is 0.0289. The highest BCUT2D eigenvalue weighted by atomic mass is 16.6. The first-order valence-electron chi connectivity index (χ1n) is 10.6. The molecule has 1 amide bonds. The maximum absolute atomic E-state index is 12.6. The molecule has 0 atom stereocenters. The standard InChI is InChI=1S/C24H27N3O4/c1-3-30-24(29)27-13-11-26(12-14-27)18-7-6-8-19(15-18)31-16-22-17(2)23(28)20-9-4-5-10-21(20)25-22/h4-10,15H,3,11-14,16H2,1-2H3,(H,25,28). The number of hydrogen-bond donors (Lipinski definition) is 1. The highest BCUT2D eigenvalue weighted by Gasteiger charge is 2.22. The molecule has 7 heteroatoms. The molecule has 0 aliphatic carbocycles. The Balaban J connectivity index is 1.43. The molecule has 3 aromatic rings. The Kier molecular flexibility index (Phi) is 6.11. The number of piperazine rings is 1. The molecule has 0 saturated carbocycles. The number of aromatic amines is 1. The summed E-state index contributed by atoms with van der Waals surface area (Å²) in [5.74, 6) is 0.735. The average molecular weight is 421 g/mol. The molecule has 0 unspecified atom stereocenters. The molecule has 1 aliphatic heterocycles. The quantitative estimate of drug-likeness (QED) is 0.680. The summed E-state index contributed by atoms with van der Waals surface area (Å²) in [6, 6.07) is 15.4. The van der Waals surface area contributed by atoms with E-state index in [4.69, 9.17) is 9.47 Å². The number of rotatable bonds is 5. The molecule has 0 bridgehead atoms. The monoisotopic (exact) mass is 421 g/mol.